The van der Waals surface area contributed by atoms with Gasteiger partial charge in [0.15, 0.2) is 0 Å². The second kappa shape index (κ2) is 8.68. The second-order valence-corrected chi connectivity index (χ2v) is 8.56. The van der Waals surface area contributed by atoms with E-state index in [0.717, 1.165) is 31.4 Å². The van der Waals surface area contributed by atoms with Gasteiger partial charge in [-0.05, 0) is 47.9 Å². The van der Waals surface area contributed by atoms with Gasteiger partial charge in [-0.1, -0.05) is 75.8 Å². The standard InChI is InChI=1S/C23H18BrN3OS/c1-16-7-12-20-21(13-16)29-23(26-20)27(22(28)14-17-5-3-2-4-6-17)25-15-18-8-10-19(24)11-9-18/h2-13,15H,14H2,1H3/b25-15+. The van der Waals surface area contributed by atoms with E-state index in [9.17, 15) is 4.79 Å². The Morgan fingerprint density at radius 1 is 1.10 bits per heavy atom. The summed E-state index contributed by atoms with van der Waals surface area (Å²) in [4.78, 5) is 17.7. The molecular formula is C23H18BrN3OS. The average molecular weight is 464 g/mol. The maximum atomic E-state index is 13.1. The number of aryl methyl sites for hydroxylation is 1. The summed E-state index contributed by atoms with van der Waals surface area (Å²) in [5.74, 6) is -0.125. The summed E-state index contributed by atoms with van der Waals surface area (Å²) in [6, 6.07) is 23.5. The molecule has 1 aromatic heterocycles. The van der Waals surface area contributed by atoms with Gasteiger partial charge >= 0.3 is 0 Å². The summed E-state index contributed by atoms with van der Waals surface area (Å²) in [5, 5.41) is 6.48. The number of halogens is 1. The Balaban J connectivity index is 1.68. The number of thiazole rings is 1. The molecule has 0 atom stereocenters. The highest BCUT2D eigenvalue weighted by molar-refractivity contribution is 9.10. The number of anilines is 1. The van der Waals surface area contributed by atoms with Crippen molar-refractivity contribution < 1.29 is 4.79 Å². The number of fused-ring (bicyclic) bond motifs is 1. The molecule has 6 heteroatoms. The van der Waals surface area contributed by atoms with E-state index in [4.69, 9.17) is 0 Å². The molecule has 0 spiro atoms. The highest BCUT2D eigenvalue weighted by atomic mass is 79.9. The summed E-state index contributed by atoms with van der Waals surface area (Å²) < 4.78 is 2.03. The second-order valence-electron chi connectivity index (χ2n) is 6.63. The van der Waals surface area contributed by atoms with Crippen molar-refractivity contribution in [3.05, 3.63) is 94.0 Å². The number of carbonyl (C=O) groups is 1. The largest absolute Gasteiger partial charge is 0.272 e. The topological polar surface area (TPSA) is 45.6 Å². The summed E-state index contributed by atoms with van der Waals surface area (Å²) in [6.07, 6.45) is 1.94. The zero-order valence-corrected chi connectivity index (χ0v) is 18.2. The summed E-state index contributed by atoms with van der Waals surface area (Å²) in [6.45, 7) is 2.04. The predicted octanol–water partition coefficient (Wildman–Crippen LogP) is 5.98. The average Bonchev–Trinajstić information content (AvgIpc) is 3.13. The zero-order valence-electron chi connectivity index (χ0n) is 15.7. The van der Waals surface area contributed by atoms with Crippen LogP contribution in [-0.2, 0) is 11.2 Å². The lowest BCUT2D eigenvalue weighted by molar-refractivity contribution is -0.118. The van der Waals surface area contributed by atoms with Crippen LogP contribution in [0.3, 0.4) is 0 Å². The Morgan fingerprint density at radius 2 is 1.86 bits per heavy atom. The van der Waals surface area contributed by atoms with Gasteiger partial charge in [-0.25, -0.2) is 4.98 Å². The first-order valence-corrected chi connectivity index (χ1v) is 10.7. The molecule has 0 saturated heterocycles. The van der Waals surface area contributed by atoms with E-state index in [0.29, 0.717) is 5.13 Å². The van der Waals surface area contributed by atoms with Gasteiger partial charge in [-0.3, -0.25) is 4.79 Å². The van der Waals surface area contributed by atoms with Crippen molar-refractivity contribution in [2.75, 3.05) is 5.01 Å². The maximum absolute atomic E-state index is 13.1. The van der Waals surface area contributed by atoms with E-state index < -0.39 is 0 Å². The fourth-order valence-electron chi connectivity index (χ4n) is 2.85. The van der Waals surface area contributed by atoms with Gasteiger partial charge in [-0.15, -0.1) is 0 Å². The zero-order chi connectivity index (χ0) is 20.2. The lowest BCUT2D eigenvalue weighted by Gasteiger charge is -2.13. The number of carbonyl (C=O) groups excluding carboxylic acids is 1. The third-order valence-corrected chi connectivity index (χ3v) is 5.86. The van der Waals surface area contributed by atoms with Crippen LogP contribution in [0.2, 0.25) is 0 Å². The van der Waals surface area contributed by atoms with E-state index in [1.54, 1.807) is 6.21 Å². The number of hydrazone groups is 1. The lowest BCUT2D eigenvalue weighted by Crippen LogP contribution is -2.27. The number of nitrogens with zero attached hydrogens (tertiary/aromatic N) is 3. The molecule has 3 aromatic carbocycles. The first kappa shape index (κ1) is 19.5. The molecule has 0 N–H and O–H groups in total. The fraction of sp³-hybridized carbons (Fsp3) is 0.0870. The van der Waals surface area contributed by atoms with Crippen LogP contribution in [0.1, 0.15) is 16.7 Å². The van der Waals surface area contributed by atoms with Crippen LogP contribution in [0.4, 0.5) is 5.13 Å². The molecule has 0 radical (unpaired) electrons. The van der Waals surface area contributed by atoms with Crippen molar-refractivity contribution in [3.8, 4) is 0 Å². The van der Waals surface area contributed by atoms with Crippen molar-refractivity contribution >= 4 is 54.7 Å². The molecule has 4 aromatic rings. The normalized spacial score (nSPS) is 11.2. The molecular weight excluding hydrogens is 446 g/mol. The van der Waals surface area contributed by atoms with Crippen LogP contribution in [0.15, 0.2) is 82.4 Å². The molecule has 29 heavy (non-hydrogen) atoms. The molecule has 0 aliphatic rings. The third-order valence-electron chi connectivity index (χ3n) is 4.34. The van der Waals surface area contributed by atoms with E-state index in [1.807, 2.05) is 73.7 Å². The van der Waals surface area contributed by atoms with Gasteiger partial charge < -0.3 is 0 Å². The van der Waals surface area contributed by atoms with Gasteiger partial charge in [0.05, 0.1) is 22.9 Å². The third kappa shape index (κ3) is 4.78. The van der Waals surface area contributed by atoms with Crippen LogP contribution >= 0.6 is 27.3 Å². The van der Waals surface area contributed by atoms with Crippen LogP contribution < -0.4 is 5.01 Å². The Kier molecular flexibility index (Phi) is 5.83. The van der Waals surface area contributed by atoms with Crippen molar-refractivity contribution in [1.82, 2.24) is 4.98 Å². The van der Waals surface area contributed by atoms with Gasteiger partial charge in [0.2, 0.25) is 5.13 Å². The molecule has 0 aliphatic heterocycles. The first-order valence-electron chi connectivity index (χ1n) is 9.12. The number of hydrogen-bond acceptors (Lipinski definition) is 4. The summed E-state index contributed by atoms with van der Waals surface area (Å²) >= 11 is 4.90. The van der Waals surface area contributed by atoms with Gasteiger partial charge in [0.25, 0.3) is 5.91 Å². The Bertz CT molecular complexity index is 1170. The van der Waals surface area contributed by atoms with Crippen molar-refractivity contribution in [3.63, 3.8) is 0 Å². The minimum absolute atomic E-state index is 0.125. The SMILES string of the molecule is Cc1ccc2nc(N(/N=C/c3ccc(Br)cc3)C(=O)Cc3ccccc3)sc2c1. The van der Waals surface area contributed by atoms with Crippen LogP contribution in [-0.4, -0.2) is 17.1 Å². The van der Waals surface area contributed by atoms with E-state index in [2.05, 4.69) is 32.1 Å². The molecule has 0 unspecified atom stereocenters. The van der Waals surface area contributed by atoms with Crippen molar-refractivity contribution in [1.29, 1.82) is 0 Å². The Morgan fingerprint density at radius 3 is 2.62 bits per heavy atom. The molecule has 144 valence electrons. The van der Waals surface area contributed by atoms with Gasteiger partial charge in [0.1, 0.15) is 0 Å². The molecule has 4 rings (SSSR count). The van der Waals surface area contributed by atoms with Crippen molar-refractivity contribution in [2.45, 2.75) is 13.3 Å². The molecule has 0 saturated carbocycles. The van der Waals surface area contributed by atoms with E-state index in [1.165, 1.54) is 16.3 Å². The molecule has 4 nitrogen and oxygen atoms in total. The highest BCUT2D eigenvalue weighted by Crippen LogP contribution is 2.30. The minimum Gasteiger partial charge on any atom is -0.272 e. The van der Waals surface area contributed by atoms with Crippen molar-refractivity contribution in [2.24, 2.45) is 5.10 Å². The maximum Gasteiger partial charge on any atom is 0.253 e. The first-order chi connectivity index (χ1) is 14.1. The van der Waals surface area contributed by atoms with Crippen LogP contribution in [0, 0.1) is 6.92 Å². The van der Waals surface area contributed by atoms with Gasteiger partial charge in [0, 0.05) is 4.47 Å². The summed E-state index contributed by atoms with van der Waals surface area (Å²) in [5.41, 5.74) is 3.88. The highest BCUT2D eigenvalue weighted by Gasteiger charge is 2.19. The smallest absolute Gasteiger partial charge is 0.253 e. The minimum atomic E-state index is -0.125. The predicted molar refractivity (Wildman–Crippen MR) is 124 cm³/mol. The fourth-order valence-corrected chi connectivity index (χ4v) is 4.15. The van der Waals surface area contributed by atoms with Gasteiger partial charge in [-0.2, -0.15) is 10.1 Å². The number of rotatable bonds is 5. The number of amides is 1. The Labute approximate surface area is 181 Å². The monoisotopic (exact) mass is 463 g/mol. The number of aromatic nitrogens is 1. The molecule has 0 fully saturated rings. The van der Waals surface area contributed by atoms with Crippen LogP contribution in [0.25, 0.3) is 10.2 Å². The summed E-state index contributed by atoms with van der Waals surface area (Å²) in [7, 11) is 0. The van der Waals surface area contributed by atoms with E-state index >= 15 is 0 Å². The molecule has 1 amide bonds. The van der Waals surface area contributed by atoms with Crippen LogP contribution in [0.5, 0.6) is 0 Å². The Hall–Kier alpha value is -2.83. The number of benzene rings is 3. The number of hydrogen-bond donors (Lipinski definition) is 0. The van der Waals surface area contributed by atoms with E-state index in [-0.39, 0.29) is 12.3 Å². The molecule has 1 heterocycles. The quantitative estimate of drug-likeness (QED) is 0.270. The molecule has 0 bridgehead atoms. The molecule has 0 aliphatic carbocycles. The lowest BCUT2D eigenvalue weighted by atomic mass is 10.1.